The second-order valence-corrected chi connectivity index (χ2v) is 6.12. The van der Waals surface area contributed by atoms with Gasteiger partial charge in [-0.3, -0.25) is 19.4 Å². The van der Waals surface area contributed by atoms with Gasteiger partial charge >= 0.3 is 0 Å². The number of hydrogen-bond acceptors (Lipinski definition) is 4. The molecule has 5 nitrogen and oxygen atoms in total. The number of amides is 2. The molecule has 5 heteroatoms. The Morgan fingerprint density at radius 3 is 2.45 bits per heavy atom. The molecule has 0 radical (unpaired) electrons. The molecule has 0 aromatic carbocycles. The largest absolute Gasteiger partial charge is 0.304 e. The van der Waals surface area contributed by atoms with Crippen molar-refractivity contribution < 1.29 is 9.59 Å². The molecule has 2 amide bonds. The number of likely N-dealkylation sites (tertiary alicyclic amines) is 2. The van der Waals surface area contributed by atoms with Crippen LogP contribution in [0.15, 0.2) is 0 Å². The van der Waals surface area contributed by atoms with Crippen LogP contribution in [0.1, 0.15) is 46.5 Å². The summed E-state index contributed by atoms with van der Waals surface area (Å²) in [5, 5.41) is 3.29. The van der Waals surface area contributed by atoms with E-state index in [2.05, 4.69) is 17.1 Å². The van der Waals surface area contributed by atoms with Crippen molar-refractivity contribution in [2.75, 3.05) is 19.6 Å². The predicted octanol–water partition coefficient (Wildman–Crippen LogP) is 0.986. The summed E-state index contributed by atoms with van der Waals surface area (Å²) in [6.07, 6.45) is 3.67. The molecule has 0 aromatic heterocycles. The molecule has 1 N–H and O–H groups in total. The molecule has 2 fully saturated rings. The third-order valence-corrected chi connectivity index (χ3v) is 4.64. The molecule has 20 heavy (non-hydrogen) atoms. The van der Waals surface area contributed by atoms with Gasteiger partial charge in [-0.05, 0) is 46.2 Å². The number of imide groups is 1. The Bertz CT molecular complexity index is 366. The molecule has 2 aliphatic heterocycles. The Morgan fingerprint density at radius 2 is 1.85 bits per heavy atom. The molecule has 2 heterocycles. The minimum Gasteiger partial charge on any atom is -0.304 e. The van der Waals surface area contributed by atoms with E-state index in [1.165, 1.54) is 17.7 Å². The lowest BCUT2D eigenvalue weighted by molar-refractivity contribution is -0.141. The fraction of sp³-hybridized carbons (Fsp3) is 0.867. The van der Waals surface area contributed by atoms with Crippen LogP contribution in [0.2, 0.25) is 0 Å². The minimum absolute atomic E-state index is 0.0119. The van der Waals surface area contributed by atoms with E-state index in [1.54, 1.807) is 0 Å². The topological polar surface area (TPSA) is 52.7 Å². The highest BCUT2D eigenvalue weighted by Gasteiger charge is 2.40. The Hall–Kier alpha value is -0.940. The van der Waals surface area contributed by atoms with Crippen LogP contribution >= 0.6 is 0 Å². The Labute approximate surface area is 121 Å². The minimum atomic E-state index is -0.318. The van der Waals surface area contributed by atoms with Gasteiger partial charge in [0, 0.05) is 18.6 Å². The second-order valence-electron chi connectivity index (χ2n) is 6.12. The zero-order chi connectivity index (χ0) is 14.7. The maximum Gasteiger partial charge on any atom is 0.247 e. The fourth-order valence-corrected chi connectivity index (χ4v) is 3.08. The highest BCUT2D eigenvalue weighted by molar-refractivity contribution is 6.05. The van der Waals surface area contributed by atoms with Crippen LogP contribution < -0.4 is 5.32 Å². The van der Waals surface area contributed by atoms with Gasteiger partial charge in [0.15, 0.2) is 0 Å². The molecule has 0 spiro atoms. The molecule has 0 aromatic rings. The number of nitrogens with zero attached hydrogens (tertiary/aromatic N) is 2. The number of carbonyl (C=O) groups is 2. The van der Waals surface area contributed by atoms with Crippen LogP contribution in [0.25, 0.3) is 0 Å². The van der Waals surface area contributed by atoms with E-state index >= 15 is 0 Å². The Balaban J connectivity index is 1.84. The monoisotopic (exact) mass is 281 g/mol. The second kappa shape index (κ2) is 6.68. The van der Waals surface area contributed by atoms with Crippen LogP contribution in [0, 0.1) is 0 Å². The molecule has 114 valence electrons. The first kappa shape index (κ1) is 15.4. The number of hydrogen-bond donors (Lipinski definition) is 1. The summed E-state index contributed by atoms with van der Waals surface area (Å²) in [6.45, 7) is 9.20. The van der Waals surface area contributed by atoms with Gasteiger partial charge in [0.25, 0.3) is 0 Å². The van der Waals surface area contributed by atoms with E-state index < -0.39 is 0 Å². The zero-order valence-corrected chi connectivity index (χ0v) is 12.9. The number of carbonyl (C=O) groups excluding carboxylic acids is 2. The smallest absolute Gasteiger partial charge is 0.247 e. The van der Waals surface area contributed by atoms with E-state index in [9.17, 15) is 9.59 Å². The fourth-order valence-electron chi connectivity index (χ4n) is 3.08. The van der Waals surface area contributed by atoms with Crippen LogP contribution in [-0.4, -0.2) is 59.4 Å². The van der Waals surface area contributed by atoms with E-state index in [1.807, 2.05) is 13.8 Å². The highest BCUT2D eigenvalue weighted by Crippen LogP contribution is 2.18. The summed E-state index contributed by atoms with van der Waals surface area (Å²) in [5.41, 5.74) is 0. The molecule has 2 rings (SSSR count). The maximum atomic E-state index is 12.3. The molecule has 3 unspecified atom stereocenters. The zero-order valence-electron chi connectivity index (χ0n) is 12.9. The summed E-state index contributed by atoms with van der Waals surface area (Å²) in [7, 11) is 0. The normalized spacial score (nSPS) is 27.4. The van der Waals surface area contributed by atoms with Gasteiger partial charge in [-0.25, -0.2) is 0 Å². The molecule has 2 saturated heterocycles. The molecule has 3 atom stereocenters. The van der Waals surface area contributed by atoms with Crippen molar-refractivity contribution in [2.45, 2.75) is 64.6 Å². The lowest BCUT2D eigenvalue weighted by Crippen LogP contribution is -2.46. The summed E-state index contributed by atoms with van der Waals surface area (Å²) in [4.78, 5) is 28.1. The first-order chi connectivity index (χ1) is 9.54. The van der Waals surface area contributed by atoms with E-state index in [4.69, 9.17) is 0 Å². The van der Waals surface area contributed by atoms with Crippen LogP contribution in [-0.2, 0) is 9.59 Å². The van der Waals surface area contributed by atoms with Crippen molar-refractivity contribution in [1.82, 2.24) is 15.1 Å². The summed E-state index contributed by atoms with van der Waals surface area (Å²) >= 11 is 0. The van der Waals surface area contributed by atoms with E-state index in [-0.39, 0.29) is 23.9 Å². The summed E-state index contributed by atoms with van der Waals surface area (Å²) in [6, 6.07) is 0.123. The van der Waals surface area contributed by atoms with Gasteiger partial charge in [0.2, 0.25) is 11.8 Å². The first-order valence-electron chi connectivity index (χ1n) is 7.88. The molecular formula is C15H27N3O2. The van der Waals surface area contributed by atoms with Gasteiger partial charge < -0.3 is 5.32 Å². The van der Waals surface area contributed by atoms with Gasteiger partial charge in [0.1, 0.15) is 0 Å². The molecule has 0 bridgehead atoms. The van der Waals surface area contributed by atoms with Crippen LogP contribution in [0.3, 0.4) is 0 Å². The third kappa shape index (κ3) is 3.20. The van der Waals surface area contributed by atoms with Crippen molar-refractivity contribution in [3.8, 4) is 0 Å². The van der Waals surface area contributed by atoms with E-state index in [0.29, 0.717) is 12.5 Å². The quantitative estimate of drug-likeness (QED) is 0.738. The SMILES string of the molecule is CCC(C)N1C(=O)CC(NCC(C)N2CCCC2)C1=O. The van der Waals surface area contributed by atoms with Gasteiger partial charge in [-0.1, -0.05) is 6.92 Å². The van der Waals surface area contributed by atoms with E-state index in [0.717, 1.165) is 26.1 Å². The predicted molar refractivity (Wildman–Crippen MR) is 78.3 cm³/mol. The molecule has 0 aliphatic carbocycles. The summed E-state index contributed by atoms with van der Waals surface area (Å²) in [5.74, 6) is -0.0753. The summed E-state index contributed by atoms with van der Waals surface area (Å²) < 4.78 is 0. The Kier molecular flexibility index (Phi) is 5.16. The molecular weight excluding hydrogens is 254 g/mol. The van der Waals surface area contributed by atoms with Crippen LogP contribution in [0.4, 0.5) is 0 Å². The highest BCUT2D eigenvalue weighted by atomic mass is 16.2. The van der Waals surface area contributed by atoms with Gasteiger partial charge in [-0.15, -0.1) is 0 Å². The van der Waals surface area contributed by atoms with Crippen LogP contribution in [0.5, 0.6) is 0 Å². The number of nitrogens with one attached hydrogen (secondary N) is 1. The Morgan fingerprint density at radius 1 is 1.20 bits per heavy atom. The maximum absolute atomic E-state index is 12.3. The van der Waals surface area contributed by atoms with Crippen molar-refractivity contribution in [3.05, 3.63) is 0 Å². The van der Waals surface area contributed by atoms with Crippen molar-refractivity contribution in [3.63, 3.8) is 0 Å². The van der Waals surface area contributed by atoms with Crippen molar-refractivity contribution >= 4 is 11.8 Å². The van der Waals surface area contributed by atoms with Gasteiger partial charge in [0.05, 0.1) is 12.5 Å². The van der Waals surface area contributed by atoms with Crippen molar-refractivity contribution in [1.29, 1.82) is 0 Å². The third-order valence-electron chi connectivity index (χ3n) is 4.64. The average Bonchev–Trinajstić information content (AvgIpc) is 3.04. The standard InChI is InChI=1S/C15H27N3O2/c1-4-11(2)18-14(19)9-13(15(18)20)16-10-12(3)17-7-5-6-8-17/h11-13,16H,4-10H2,1-3H3. The number of rotatable bonds is 6. The first-order valence-corrected chi connectivity index (χ1v) is 7.88. The molecule has 2 aliphatic rings. The van der Waals surface area contributed by atoms with Crippen molar-refractivity contribution in [2.24, 2.45) is 0 Å². The van der Waals surface area contributed by atoms with Gasteiger partial charge in [-0.2, -0.15) is 0 Å². The molecule has 0 saturated carbocycles. The average molecular weight is 281 g/mol. The lowest BCUT2D eigenvalue weighted by atomic mass is 10.2. The lowest BCUT2D eigenvalue weighted by Gasteiger charge is -2.25.